The van der Waals surface area contributed by atoms with Gasteiger partial charge in [0, 0.05) is 30.1 Å². The minimum Gasteiger partial charge on any atom is -0.299 e. The van der Waals surface area contributed by atoms with E-state index in [2.05, 4.69) is 0 Å². The molecule has 5 heteroatoms. The molecule has 0 aromatic carbocycles. The topological polar surface area (TPSA) is 71.5 Å². The molecule has 5 nitrogen and oxygen atoms in total. The molecule has 0 rings (SSSR count). The third-order valence-corrected chi connectivity index (χ3v) is 4.65. The fourth-order valence-electron chi connectivity index (χ4n) is 2.50. The first-order valence-corrected chi connectivity index (χ1v) is 9.74. The van der Waals surface area contributed by atoms with E-state index >= 15 is 0 Å². The molecule has 150 valence electrons. The maximum Gasteiger partial charge on any atom is 0.152 e. The highest BCUT2D eigenvalue weighted by atomic mass is 16.1. The van der Waals surface area contributed by atoms with Gasteiger partial charge in [-0.15, -0.1) is 0 Å². The van der Waals surface area contributed by atoms with Crippen molar-refractivity contribution in [3.8, 4) is 0 Å². The molecule has 0 aromatic heterocycles. The van der Waals surface area contributed by atoms with Crippen molar-refractivity contribution in [1.29, 1.82) is 0 Å². The Labute approximate surface area is 158 Å². The van der Waals surface area contributed by atoms with E-state index in [0.29, 0.717) is 6.42 Å². The quantitative estimate of drug-likeness (QED) is 0.499. The SMILES string of the molecule is CC(C)C(=O)CCC(C(=O)C(C)C)N(CC(=O)C(C)C)CC(=O)C(C)C. The molecule has 0 radical (unpaired) electrons. The predicted molar refractivity (Wildman–Crippen MR) is 104 cm³/mol. The standard InChI is InChI=1S/C21H37NO4/c1-13(2)18(23)10-9-17(21(26)16(7)8)22(11-19(24)14(3)4)12-20(25)15(5)6/h13-17H,9-12H2,1-8H3. The third-order valence-electron chi connectivity index (χ3n) is 4.65. The molecule has 0 saturated carbocycles. The van der Waals surface area contributed by atoms with Crippen LogP contribution in [0, 0.1) is 23.7 Å². The van der Waals surface area contributed by atoms with Gasteiger partial charge in [0.15, 0.2) is 5.78 Å². The van der Waals surface area contributed by atoms with Crippen LogP contribution in [0.15, 0.2) is 0 Å². The van der Waals surface area contributed by atoms with E-state index < -0.39 is 6.04 Å². The number of hydrogen-bond donors (Lipinski definition) is 0. The van der Waals surface area contributed by atoms with Gasteiger partial charge in [-0.3, -0.25) is 24.1 Å². The highest BCUT2D eigenvalue weighted by molar-refractivity contribution is 5.90. The van der Waals surface area contributed by atoms with E-state index in [-0.39, 0.29) is 66.3 Å². The summed E-state index contributed by atoms with van der Waals surface area (Å²) < 4.78 is 0. The van der Waals surface area contributed by atoms with Crippen molar-refractivity contribution in [1.82, 2.24) is 4.90 Å². The summed E-state index contributed by atoms with van der Waals surface area (Å²) in [6.07, 6.45) is 0.633. The summed E-state index contributed by atoms with van der Waals surface area (Å²) in [6, 6.07) is -0.580. The lowest BCUT2D eigenvalue weighted by molar-refractivity contribution is -0.132. The number of rotatable bonds is 13. The lowest BCUT2D eigenvalue weighted by atomic mass is 9.92. The number of ketones is 4. The van der Waals surface area contributed by atoms with Gasteiger partial charge in [0.05, 0.1) is 19.1 Å². The second-order valence-corrected chi connectivity index (χ2v) is 8.38. The maximum atomic E-state index is 12.8. The zero-order valence-corrected chi connectivity index (χ0v) is 17.8. The Balaban J connectivity index is 5.57. The second kappa shape index (κ2) is 11.4. The first kappa shape index (κ1) is 24.6. The van der Waals surface area contributed by atoms with Gasteiger partial charge in [0.1, 0.15) is 17.3 Å². The zero-order chi connectivity index (χ0) is 20.6. The van der Waals surface area contributed by atoms with Gasteiger partial charge in [-0.1, -0.05) is 55.4 Å². The molecule has 0 aliphatic heterocycles. The molecule has 0 aromatic rings. The molecule has 26 heavy (non-hydrogen) atoms. The van der Waals surface area contributed by atoms with Crippen molar-refractivity contribution in [3.05, 3.63) is 0 Å². The molecule has 0 spiro atoms. The average molecular weight is 368 g/mol. The molecule has 0 fully saturated rings. The van der Waals surface area contributed by atoms with Gasteiger partial charge in [-0.25, -0.2) is 0 Å². The fourth-order valence-corrected chi connectivity index (χ4v) is 2.50. The number of carbonyl (C=O) groups excluding carboxylic acids is 4. The highest BCUT2D eigenvalue weighted by Crippen LogP contribution is 2.17. The maximum absolute atomic E-state index is 12.8. The molecule has 0 saturated heterocycles. The molecular formula is C21H37NO4. The van der Waals surface area contributed by atoms with E-state index in [1.807, 2.05) is 55.4 Å². The van der Waals surface area contributed by atoms with E-state index in [1.54, 1.807) is 4.90 Å². The normalized spacial score (nSPS) is 13.1. The molecule has 0 amide bonds. The van der Waals surface area contributed by atoms with Crippen molar-refractivity contribution < 1.29 is 19.2 Å². The summed E-state index contributed by atoms with van der Waals surface area (Å²) in [7, 11) is 0. The Morgan fingerprint density at radius 3 is 1.31 bits per heavy atom. The predicted octanol–water partition coefficient (Wildman–Crippen LogP) is 3.34. The van der Waals surface area contributed by atoms with Crippen LogP contribution in [0.1, 0.15) is 68.2 Å². The number of carbonyl (C=O) groups is 4. The molecule has 0 bridgehead atoms. The number of hydrogen-bond acceptors (Lipinski definition) is 5. The van der Waals surface area contributed by atoms with Gasteiger partial charge >= 0.3 is 0 Å². The summed E-state index contributed by atoms with van der Waals surface area (Å²) in [5, 5.41) is 0. The second-order valence-electron chi connectivity index (χ2n) is 8.38. The van der Waals surface area contributed by atoms with Crippen molar-refractivity contribution in [2.24, 2.45) is 23.7 Å². The largest absolute Gasteiger partial charge is 0.299 e. The van der Waals surface area contributed by atoms with Gasteiger partial charge < -0.3 is 0 Å². The van der Waals surface area contributed by atoms with Gasteiger partial charge in [-0.2, -0.15) is 0 Å². The monoisotopic (exact) mass is 367 g/mol. The Bertz CT molecular complexity index is 484. The molecule has 0 N–H and O–H groups in total. The van der Waals surface area contributed by atoms with Crippen molar-refractivity contribution in [2.75, 3.05) is 13.1 Å². The molecule has 0 heterocycles. The van der Waals surface area contributed by atoms with Crippen LogP contribution in [-0.2, 0) is 19.2 Å². The van der Waals surface area contributed by atoms with E-state index in [0.717, 1.165) is 0 Å². The zero-order valence-electron chi connectivity index (χ0n) is 17.8. The van der Waals surface area contributed by atoms with Crippen LogP contribution in [0.25, 0.3) is 0 Å². The lowest BCUT2D eigenvalue weighted by Crippen LogP contribution is -2.49. The molecule has 0 aliphatic carbocycles. The Morgan fingerprint density at radius 2 is 1.00 bits per heavy atom. The van der Waals surface area contributed by atoms with Crippen LogP contribution in [0.3, 0.4) is 0 Å². The number of nitrogens with zero attached hydrogens (tertiary/aromatic N) is 1. The minimum absolute atomic E-state index is 0.00158. The lowest BCUT2D eigenvalue weighted by Gasteiger charge is -2.32. The Morgan fingerprint density at radius 1 is 0.615 bits per heavy atom. The smallest absolute Gasteiger partial charge is 0.152 e. The van der Waals surface area contributed by atoms with Crippen LogP contribution in [-0.4, -0.2) is 47.2 Å². The van der Waals surface area contributed by atoms with Gasteiger partial charge in [0.2, 0.25) is 0 Å². The molecular weight excluding hydrogens is 330 g/mol. The summed E-state index contributed by atoms with van der Waals surface area (Å²) >= 11 is 0. The van der Waals surface area contributed by atoms with Crippen molar-refractivity contribution in [2.45, 2.75) is 74.3 Å². The average Bonchev–Trinajstić information content (AvgIpc) is 2.53. The molecule has 1 atom stereocenters. The van der Waals surface area contributed by atoms with Crippen LogP contribution in [0.2, 0.25) is 0 Å². The van der Waals surface area contributed by atoms with Crippen LogP contribution in [0.5, 0.6) is 0 Å². The number of Topliss-reactive ketones (excluding diaryl/α,β-unsaturated/α-hetero) is 4. The first-order valence-electron chi connectivity index (χ1n) is 9.74. The van der Waals surface area contributed by atoms with Crippen molar-refractivity contribution in [3.63, 3.8) is 0 Å². The summed E-state index contributed by atoms with van der Waals surface area (Å²) in [5.74, 6) is -0.576. The summed E-state index contributed by atoms with van der Waals surface area (Å²) in [5.41, 5.74) is 0. The fraction of sp³-hybridized carbons (Fsp3) is 0.810. The third kappa shape index (κ3) is 8.35. The van der Waals surface area contributed by atoms with Crippen LogP contribution < -0.4 is 0 Å². The van der Waals surface area contributed by atoms with Crippen LogP contribution >= 0.6 is 0 Å². The Hall–Kier alpha value is -1.36. The van der Waals surface area contributed by atoms with E-state index in [4.69, 9.17) is 0 Å². The minimum atomic E-state index is -0.580. The van der Waals surface area contributed by atoms with Gasteiger partial charge in [0.25, 0.3) is 0 Å². The van der Waals surface area contributed by atoms with Gasteiger partial charge in [-0.05, 0) is 6.42 Å². The van der Waals surface area contributed by atoms with E-state index in [1.165, 1.54) is 0 Å². The Kier molecular flexibility index (Phi) is 10.8. The first-order chi connectivity index (χ1) is 11.9. The van der Waals surface area contributed by atoms with E-state index in [9.17, 15) is 19.2 Å². The van der Waals surface area contributed by atoms with Crippen LogP contribution in [0.4, 0.5) is 0 Å². The molecule has 0 aliphatic rings. The highest BCUT2D eigenvalue weighted by Gasteiger charge is 2.31. The summed E-state index contributed by atoms with van der Waals surface area (Å²) in [4.78, 5) is 51.2. The summed E-state index contributed by atoms with van der Waals surface area (Å²) in [6.45, 7) is 14.7. The van der Waals surface area contributed by atoms with Crippen molar-refractivity contribution >= 4 is 23.1 Å². The molecule has 1 unspecified atom stereocenters.